The summed E-state index contributed by atoms with van der Waals surface area (Å²) < 4.78 is 1.79. The first-order valence-corrected chi connectivity index (χ1v) is 7.59. The van der Waals surface area contributed by atoms with Gasteiger partial charge in [0.15, 0.2) is 0 Å². The van der Waals surface area contributed by atoms with Crippen molar-refractivity contribution >= 4 is 11.6 Å². The minimum absolute atomic E-state index is 0.0366. The van der Waals surface area contributed by atoms with Gasteiger partial charge in [0.2, 0.25) is 5.91 Å². The maximum atomic E-state index is 12.2. The summed E-state index contributed by atoms with van der Waals surface area (Å²) in [5.74, 6) is -0.0366. The Morgan fingerprint density at radius 1 is 1.17 bits per heavy atom. The molecule has 1 aliphatic heterocycles. The zero-order valence-corrected chi connectivity index (χ0v) is 12.8. The van der Waals surface area contributed by atoms with E-state index < -0.39 is 0 Å². The van der Waals surface area contributed by atoms with Crippen LogP contribution in [0.4, 0.5) is 5.69 Å². The molecule has 0 radical (unpaired) electrons. The zero-order chi connectivity index (χ0) is 15.8. The van der Waals surface area contributed by atoms with Crippen LogP contribution in [0.25, 0.3) is 5.69 Å². The van der Waals surface area contributed by atoms with Crippen molar-refractivity contribution in [3.05, 3.63) is 71.0 Å². The van der Waals surface area contributed by atoms with Gasteiger partial charge in [-0.05, 0) is 30.2 Å². The van der Waals surface area contributed by atoms with E-state index in [2.05, 4.69) is 27.8 Å². The molecule has 0 atom stereocenters. The minimum Gasteiger partial charge on any atom is -0.324 e. The molecule has 3 aromatic rings. The highest BCUT2D eigenvalue weighted by Crippen LogP contribution is 2.27. The Morgan fingerprint density at radius 3 is 2.83 bits per heavy atom. The second-order valence-electron chi connectivity index (χ2n) is 5.80. The van der Waals surface area contributed by atoms with Crippen LogP contribution in [0.2, 0.25) is 0 Å². The Balaban J connectivity index is 1.82. The molecule has 0 aliphatic carbocycles. The number of amides is 1. The Kier molecular flexibility index (Phi) is 3.19. The summed E-state index contributed by atoms with van der Waals surface area (Å²) in [5, 5.41) is 11.6. The van der Waals surface area contributed by atoms with Crippen LogP contribution in [-0.4, -0.2) is 20.9 Å². The number of carbonyl (C=O) groups excluding carboxylic acids is 1. The van der Waals surface area contributed by atoms with Gasteiger partial charge in [-0.3, -0.25) is 4.79 Å². The molecule has 0 bridgehead atoms. The third kappa shape index (κ3) is 2.50. The lowest BCUT2D eigenvalue weighted by atomic mass is 10.1. The van der Waals surface area contributed by atoms with Crippen molar-refractivity contribution in [1.82, 2.24) is 15.0 Å². The van der Waals surface area contributed by atoms with Crippen molar-refractivity contribution in [2.45, 2.75) is 19.8 Å². The smallest absolute Gasteiger partial charge is 0.230 e. The van der Waals surface area contributed by atoms with E-state index in [9.17, 15) is 4.79 Å². The second-order valence-corrected chi connectivity index (χ2v) is 5.80. The van der Waals surface area contributed by atoms with Crippen molar-refractivity contribution in [2.75, 3.05) is 5.32 Å². The maximum Gasteiger partial charge on any atom is 0.230 e. The minimum atomic E-state index is -0.0366. The fourth-order valence-electron chi connectivity index (χ4n) is 2.90. The second kappa shape index (κ2) is 5.35. The van der Waals surface area contributed by atoms with Gasteiger partial charge in [-0.2, -0.15) is 0 Å². The number of nitrogens with zero attached hydrogens (tertiary/aromatic N) is 3. The molecular formula is C18H16N4O. The molecule has 0 unspecified atom stereocenters. The molecule has 0 saturated heterocycles. The van der Waals surface area contributed by atoms with Crippen molar-refractivity contribution in [3.8, 4) is 5.69 Å². The predicted molar refractivity (Wildman–Crippen MR) is 87.7 cm³/mol. The number of carbonyl (C=O) groups is 1. The van der Waals surface area contributed by atoms with E-state index in [4.69, 9.17) is 0 Å². The Morgan fingerprint density at radius 2 is 2.00 bits per heavy atom. The number of anilines is 1. The summed E-state index contributed by atoms with van der Waals surface area (Å²) in [7, 11) is 0. The number of hydrogen-bond donors (Lipinski definition) is 1. The Hall–Kier alpha value is -2.95. The van der Waals surface area contributed by atoms with Crippen LogP contribution >= 0.6 is 0 Å². The van der Waals surface area contributed by atoms with Crippen LogP contribution in [0.1, 0.15) is 22.5 Å². The highest BCUT2D eigenvalue weighted by Gasteiger charge is 2.23. The highest BCUT2D eigenvalue weighted by molar-refractivity contribution is 5.95. The lowest BCUT2D eigenvalue weighted by molar-refractivity contribution is -0.115. The first-order chi connectivity index (χ1) is 11.2. The summed E-state index contributed by atoms with van der Waals surface area (Å²) in [6.07, 6.45) is 0.952. The van der Waals surface area contributed by atoms with Gasteiger partial charge in [-0.25, -0.2) is 4.68 Å². The normalized spacial score (nSPS) is 13.0. The summed E-state index contributed by atoms with van der Waals surface area (Å²) in [5.41, 5.74) is 5.63. The number of benzene rings is 2. The van der Waals surface area contributed by atoms with Gasteiger partial charge >= 0.3 is 0 Å². The summed E-state index contributed by atoms with van der Waals surface area (Å²) in [6, 6.07) is 16.0. The monoisotopic (exact) mass is 304 g/mol. The largest absolute Gasteiger partial charge is 0.324 e. The van der Waals surface area contributed by atoms with Crippen LogP contribution in [0, 0.1) is 6.92 Å². The summed E-state index contributed by atoms with van der Waals surface area (Å²) in [4.78, 5) is 12.2. The van der Waals surface area contributed by atoms with Crippen molar-refractivity contribution in [3.63, 3.8) is 0 Å². The average Bonchev–Trinajstić information content (AvgIpc) is 2.86. The van der Waals surface area contributed by atoms with E-state index in [0.717, 1.165) is 33.9 Å². The van der Waals surface area contributed by atoms with Gasteiger partial charge in [0, 0.05) is 6.42 Å². The van der Waals surface area contributed by atoms with Crippen LogP contribution in [0.15, 0.2) is 48.5 Å². The van der Waals surface area contributed by atoms with Crippen LogP contribution in [0.5, 0.6) is 0 Å². The maximum absolute atomic E-state index is 12.2. The topological polar surface area (TPSA) is 59.8 Å². The van der Waals surface area contributed by atoms with E-state index in [-0.39, 0.29) is 12.3 Å². The molecule has 1 N–H and O–H groups in total. The molecule has 2 heterocycles. The fraction of sp³-hybridized carbons (Fsp3) is 0.167. The standard InChI is InChI=1S/C18H16N4O/c1-12-7-8-14-16(9-12)22-17(11-18(23)19-14)15(20-21-22)10-13-5-3-2-4-6-13/h2-9H,10-11H2,1H3,(H,19,23). The van der Waals surface area contributed by atoms with E-state index in [0.29, 0.717) is 6.42 Å². The zero-order valence-electron chi connectivity index (χ0n) is 12.8. The molecule has 114 valence electrons. The van der Waals surface area contributed by atoms with Crippen LogP contribution < -0.4 is 5.32 Å². The highest BCUT2D eigenvalue weighted by atomic mass is 16.1. The number of rotatable bonds is 2. The number of fused-ring (bicyclic) bond motifs is 3. The first kappa shape index (κ1) is 13.7. The predicted octanol–water partition coefficient (Wildman–Crippen LogP) is 2.66. The molecule has 0 saturated carbocycles. The molecule has 4 rings (SSSR count). The van der Waals surface area contributed by atoms with E-state index in [1.54, 1.807) is 4.68 Å². The molecule has 1 amide bonds. The van der Waals surface area contributed by atoms with Crippen molar-refractivity contribution in [1.29, 1.82) is 0 Å². The third-order valence-electron chi connectivity index (χ3n) is 4.04. The van der Waals surface area contributed by atoms with Gasteiger partial charge < -0.3 is 5.32 Å². The molecular weight excluding hydrogens is 288 g/mol. The molecule has 0 fully saturated rings. The van der Waals surface area contributed by atoms with Crippen molar-refractivity contribution in [2.24, 2.45) is 0 Å². The van der Waals surface area contributed by atoms with Gasteiger partial charge in [0.25, 0.3) is 0 Å². The van der Waals surface area contributed by atoms with Gasteiger partial charge in [-0.15, -0.1) is 5.10 Å². The van der Waals surface area contributed by atoms with Crippen molar-refractivity contribution < 1.29 is 4.79 Å². The molecule has 1 aromatic heterocycles. The molecule has 2 aromatic carbocycles. The summed E-state index contributed by atoms with van der Waals surface area (Å²) in [6.45, 7) is 2.02. The molecule has 5 nitrogen and oxygen atoms in total. The quantitative estimate of drug-likeness (QED) is 0.792. The average molecular weight is 304 g/mol. The van der Waals surface area contributed by atoms with Gasteiger partial charge in [0.05, 0.1) is 29.2 Å². The van der Waals surface area contributed by atoms with Gasteiger partial charge in [-0.1, -0.05) is 41.6 Å². The Bertz CT molecular complexity index is 883. The SMILES string of the molecule is Cc1ccc2c(c1)-n1nnc(Cc3ccccc3)c1CC(=O)N2. The fourth-order valence-corrected chi connectivity index (χ4v) is 2.90. The third-order valence-corrected chi connectivity index (χ3v) is 4.04. The first-order valence-electron chi connectivity index (χ1n) is 7.59. The van der Waals surface area contributed by atoms with Crippen LogP contribution in [0.3, 0.4) is 0 Å². The van der Waals surface area contributed by atoms with E-state index >= 15 is 0 Å². The van der Waals surface area contributed by atoms with Gasteiger partial charge in [0.1, 0.15) is 0 Å². The lowest BCUT2D eigenvalue weighted by Gasteiger charge is -2.08. The number of aromatic nitrogens is 3. The lowest BCUT2D eigenvalue weighted by Crippen LogP contribution is -2.13. The number of nitrogens with one attached hydrogen (secondary N) is 1. The number of hydrogen-bond acceptors (Lipinski definition) is 3. The molecule has 1 aliphatic rings. The molecule has 23 heavy (non-hydrogen) atoms. The summed E-state index contributed by atoms with van der Waals surface area (Å²) >= 11 is 0. The van der Waals surface area contributed by atoms with E-state index in [1.807, 2.05) is 43.3 Å². The number of aryl methyl sites for hydroxylation is 1. The Labute approximate surface area is 134 Å². The van der Waals surface area contributed by atoms with E-state index in [1.165, 1.54) is 0 Å². The molecule has 0 spiro atoms. The molecule has 5 heteroatoms. The van der Waals surface area contributed by atoms with Crippen LogP contribution in [-0.2, 0) is 17.6 Å².